The van der Waals surface area contributed by atoms with Crippen LogP contribution < -0.4 is 0 Å². The fourth-order valence-corrected chi connectivity index (χ4v) is 1.43. The summed E-state index contributed by atoms with van der Waals surface area (Å²) in [6.45, 7) is 0. The fraction of sp³-hybridized carbons (Fsp3) is 0.500. The van der Waals surface area contributed by atoms with Crippen molar-refractivity contribution in [3.8, 4) is 0 Å². The number of aliphatic carboxylic acids is 6. The molecule has 27 heavy (non-hydrogen) atoms. The van der Waals surface area contributed by atoms with E-state index in [0.29, 0.717) is 0 Å². The number of hydrogen-bond acceptors (Lipinski definition) is 8. The summed E-state index contributed by atoms with van der Waals surface area (Å²) in [5.74, 6) is -10.0. The molecule has 14 nitrogen and oxygen atoms in total. The van der Waals surface area contributed by atoms with Gasteiger partial charge in [-0.25, -0.2) is 9.59 Å². The molecule has 0 saturated heterocycles. The second-order valence-electron chi connectivity index (χ2n) is 4.96. The minimum absolute atomic E-state index is 0. The van der Waals surface area contributed by atoms with E-state index in [1.165, 1.54) is 0 Å². The molecule has 0 heterocycles. The molecule has 0 bridgehead atoms. The van der Waals surface area contributed by atoms with Gasteiger partial charge >= 0.3 is 63.1 Å². The molecule has 0 aliphatic rings. The minimum atomic E-state index is -2.74. The topological polar surface area (TPSA) is 264 Å². The maximum absolute atomic E-state index is 10.3. The van der Waals surface area contributed by atoms with Gasteiger partial charge in [0.2, 0.25) is 0 Å². The van der Waals surface area contributed by atoms with Crippen LogP contribution in [-0.2, 0) is 28.8 Å². The Balaban J connectivity index is -0.000000411. The van der Waals surface area contributed by atoms with Crippen LogP contribution in [0.5, 0.6) is 0 Å². The van der Waals surface area contributed by atoms with Crippen molar-refractivity contribution in [2.45, 2.75) is 36.9 Å². The van der Waals surface area contributed by atoms with Gasteiger partial charge in [-0.3, -0.25) is 19.2 Å². The third-order valence-corrected chi connectivity index (χ3v) is 2.57. The summed E-state index contributed by atoms with van der Waals surface area (Å²) in [7, 11) is 0. The number of hydrogen-bond donors (Lipinski definition) is 8. The van der Waals surface area contributed by atoms with Crippen LogP contribution in [-0.4, -0.2) is 115 Å². The average Bonchev–Trinajstić information content (AvgIpc) is 2.34. The van der Waals surface area contributed by atoms with Crippen molar-refractivity contribution in [3.05, 3.63) is 0 Å². The molecule has 0 aromatic heterocycles. The second-order valence-corrected chi connectivity index (χ2v) is 4.96. The molecule has 2 radical (unpaired) electrons. The Bertz CT molecular complexity index is 513. The molecule has 15 heteroatoms. The predicted octanol–water partition coefficient (Wildman–Crippen LogP) is -3.41. The monoisotopic (exact) mass is 594 g/mol. The normalized spacial score (nSPS) is 10.4. The van der Waals surface area contributed by atoms with Crippen molar-refractivity contribution in [2.24, 2.45) is 0 Å². The maximum atomic E-state index is 10.3. The van der Waals surface area contributed by atoms with Crippen molar-refractivity contribution in [1.82, 2.24) is 0 Å². The van der Waals surface area contributed by atoms with Crippen LogP contribution in [0.25, 0.3) is 0 Å². The van der Waals surface area contributed by atoms with Crippen LogP contribution in [0.15, 0.2) is 0 Å². The van der Waals surface area contributed by atoms with Crippen LogP contribution in [0.4, 0.5) is 0 Å². The first-order chi connectivity index (χ1) is 11.6. The van der Waals surface area contributed by atoms with Gasteiger partial charge in [-0.15, -0.1) is 0 Å². The van der Waals surface area contributed by atoms with Gasteiger partial charge in [0.15, 0.2) is 11.2 Å². The van der Waals surface area contributed by atoms with Gasteiger partial charge in [-0.05, 0) is 0 Å². The van der Waals surface area contributed by atoms with E-state index in [2.05, 4.69) is 0 Å². The Morgan fingerprint density at radius 3 is 0.704 bits per heavy atom. The summed E-state index contributed by atoms with van der Waals surface area (Å²) in [6, 6.07) is 0. The molecule has 0 unspecified atom stereocenters. The Morgan fingerprint density at radius 2 is 0.630 bits per heavy atom. The summed E-state index contributed by atoms with van der Waals surface area (Å²) in [6.07, 6.45) is -4.58. The Kier molecular flexibility index (Phi) is 13.2. The van der Waals surface area contributed by atoms with Crippen molar-refractivity contribution in [1.29, 1.82) is 0 Å². The molecule has 154 valence electrons. The number of aliphatic hydroxyl groups is 2. The second kappa shape index (κ2) is 12.1. The first-order valence-corrected chi connectivity index (χ1v) is 6.34. The van der Waals surface area contributed by atoms with E-state index in [9.17, 15) is 28.8 Å². The Labute approximate surface area is 169 Å². The molecule has 0 atom stereocenters. The summed E-state index contributed by atoms with van der Waals surface area (Å²) >= 11 is 0. The molecular formula is C12H18O14Pb. The first kappa shape index (κ1) is 29.4. The van der Waals surface area contributed by atoms with Crippen molar-refractivity contribution < 1.29 is 69.6 Å². The van der Waals surface area contributed by atoms with E-state index >= 15 is 0 Å². The van der Waals surface area contributed by atoms with Crippen molar-refractivity contribution in [3.63, 3.8) is 0 Å². The Morgan fingerprint density at radius 1 is 0.481 bits per heavy atom. The summed E-state index contributed by atoms with van der Waals surface area (Å²) in [5.41, 5.74) is -5.48. The van der Waals surface area contributed by atoms with Crippen LogP contribution in [0, 0.1) is 0 Å². The SMILES string of the molecule is O=C(O)CC(O)(CC(=O)O)C(=O)O.O=C(O)CC(O)(CC(=O)O)C(=O)O.[PbH2]. The summed E-state index contributed by atoms with van der Waals surface area (Å²) in [4.78, 5) is 61.0. The Hall–Kier alpha value is -2.34. The van der Waals surface area contributed by atoms with Gasteiger partial charge < -0.3 is 40.9 Å². The van der Waals surface area contributed by atoms with E-state index < -0.39 is 72.7 Å². The zero-order valence-electron chi connectivity index (χ0n) is 13.6. The number of carboxylic acid groups (broad SMARTS) is 6. The molecule has 0 amide bonds. The molecule has 0 rings (SSSR count). The van der Waals surface area contributed by atoms with Gasteiger partial charge in [0.05, 0.1) is 25.7 Å². The zero-order chi connectivity index (χ0) is 21.3. The van der Waals surface area contributed by atoms with Gasteiger partial charge in [0.25, 0.3) is 0 Å². The molecule has 0 fully saturated rings. The molecule has 0 aliphatic heterocycles. The predicted molar refractivity (Wildman–Crippen MR) is 82.7 cm³/mol. The molecular weight excluding hydrogens is 575 g/mol. The van der Waals surface area contributed by atoms with E-state index in [-0.39, 0.29) is 27.3 Å². The molecule has 8 N–H and O–H groups in total. The summed E-state index contributed by atoms with van der Waals surface area (Å²) in [5, 5.41) is 67.6. The van der Waals surface area contributed by atoms with Gasteiger partial charge in [0, 0.05) is 0 Å². The average molecular weight is 593 g/mol. The third-order valence-electron chi connectivity index (χ3n) is 2.57. The van der Waals surface area contributed by atoms with E-state index in [1.807, 2.05) is 0 Å². The summed E-state index contributed by atoms with van der Waals surface area (Å²) < 4.78 is 0. The number of carbonyl (C=O) groups is 6. The number of carboxylic acids is 6. The van der Waals surface area contributed by atoms with Gasteiger partial charge in [0.1, 0.15) is 0 Å². The quantitative estimate of drug-likeness (QED) is 0.115. The van der Waals surface area contributed by atoms with Crippen LogP contribution in [0.3, 0.4) is 0 Å². The van der Waals surface area contributed by atoms with E-state index in [0.717, 1.165) is 0 Å². The third kappa shape index (κ3) is 12.6. The van der Waals surface area contributed by atoms with Crippen molar-refractivity contribution >= 4 is 63.1 Å². The van der Waals surface area contributed by atoms with Crippen LogP contribution >= 0.6 is 0 Å². The fourth-order valence-electron chi connectivity index (χ4n) is 1.43. The van der Waals surface area contributed by atoms with Crippen LogP contribution in [0.2, 0.25) is 0 Å². The van der Waals surface area contributed by atoms with Gasteiger partial charge in [-0.2, -0.15) is 0 Å². The van der Waals surface area contributed by atoms with Gasteiger partial charge in [-0.1, -0.05) is 0 Å². The molecule has 0 aromatic carbocycles. The zero-order valence-corrected chi connectivity index (χ0v) is 19.1. The first-order valence-electron chi connectivity index (χ1n) is 6.34. The molecule has 0 aromatic rings. The standard InChI is InChI=1S/2C6H8O7.Pb.2H/c2*7-3(8)1-6(13,5(11)12)2-4(9)10;;;/h2*13H,1-2H2,(H,7,8)(H,9,10)(H,11,12);;;. The molecule has 0 saturated carbocycles. The van der Waals surface area contributed by atoms with Crippen LogP contribution in [0.1, 0.15) is 25.7 Å². The molecule has 0 aliphatic carbocycles. The molecule has 0 spiro atoms. The van der Waals surface area contributed by atoms with Crippen molar-refractivity contribution in [2.75, 3.05) is 0 Å². The van der Waals surface area contributed by atoms with E-state index in [4.69, 9.17) is 40.9 Å². The number of rotatable bonds is 10. The van der Waals surface area contributed by atoms with E-state index in [1.54, 1.807) is 0 Å².